The zero-order valence-electron chi connectivity index (χ0n) is 15.3. The van der Waals surface area contributed by atoms with Gasteiger partial charge in [-0.1, -0.05) is 42.5 Å². The fourth-order valence-corrected chi connectivity index (χ4v) is 3.89. The van der Waals surface area contributed by atoms with Crippen molar-refractivity contribution >= 4 is 33.0 Å². The van der Waals surface area contributed by atoms with Crippen molar-refractivity contribution in [2.24, 2.45) is 0 Å². The second-order valence-corrected chi connectivity index (χ2v) is 6.79. The van der Waals surface area contributed by atoms with E-state index in [9.17, 15) is 0 Å². The van der Waals surface area contributed by atoms with Crippen LogP contribution in [0.1, 0.15) is 0 Å². The van der Waals surface area contributed by atoms with Crippen molar-refractivity contribution in [3.63, 3.8) is 0 Å². The Morgan fingerprint density at radius 1 is 0.759 bits per heavy atom. The van der Waals surface area contributed by atoms with E-state index in [0.717, 1.165) is 50.0 Å². The molecule has 6 aromatic rings. The van der Waals surface area contributed by atoms with Gasteiger partial charge in [0.15, 0.2) is 5.58 Å². The van der Waals surface area contributed by atoms with Crippen molar-refractivity contribution < 1.29 is 24.5 Å². The van der Waals surface area contributed by atoms with Crippen LogP contribution in [0.5, 0.6) is 0 Å². The molecule has 0 bridgehead atoms. The predicted octanol–water partition coefficient (Wildman–Crippen LogP) is 6.39. The van der Waals surface area contributed by atoms with Crippen LogP contribution in [-0.2, 0) is 20.1 Å². The Bertz CT molecular complexity index is 1460. The maximum atomic E-state index is 6.29. The number of fused-ring (bicyclic) bond motifs is 4. The minimum atomic E-state index is 0. The molecule has 0 aliphatic heterocycles. The SMILES string of the molecule is [Ir].[c-]1ccccc1-c1nc2ccccc2n1-c1cccc2c1oc1ccccc12. The first-order valence-electron chi connectivity index (χ1n) is 9.25. The van der Waals surface area contributed by atoms with E-state index in [1.165, 1.54) is 0 Å². The molecule has 1 radical (unpaired) electrons. The van der Waals surface area contributed by atoms with Crippen molar-refractivity contribution in [1.29, 1.82) is 0 Å². The maximum Gasteiger partial charge on any atom is 0.158 e. The van der Waals surface area contributed by atoms with Crippen molar-refractivity contribution in [1.82, 2.24) is 9.55 Å². The minimum Gasteiger partial charge on any atom is -0.454 e. The van der Waals surface area contributed by atoms with Crippen LogP contribution in [0.4, 0.5) is 0 Å². The molecule has 0 saturated carbocycles. The van der Waals surface area contributed by atoms with Crippen LogP contribution in [0.15, 0.2) is 95.4 Å². The Morgan fingerprint density at radius 3 is 2.45 bits per heavy atom. The summed E-state index contributed by atoms with van der Waals surface area (Å²) in [4.78, 5) is 4.91. The number of nitrogens with zero attached hydrogens (tertiary/aromatic N) is 2. The van der Waals surface area contributed by atoms with Gasteiger partial charge < -0.3 is 8.98 Å². The molecule has 6 rings (SSSR count). The first-order chi connectivity index (χ1) is 13.9. The molecule has 0 amide bonds. The van der Waals surface area contributed by atoms with E-state index >= 15 is 0 Å². The van der Waals surface area contributed by atoms with Gasteiger partial charge in [0.05, 0.1) is 22.5 Å². The Morgan fingerprint density at radius 2 is 1.55 bits per heavy atom. The molecule has 0 fully saturated rings. The second-order valence-electron chi connectivity index (χ2n) is 6.79. The summed E-state index contributed by atoms with van der Waals surface area (Å²) in [6, 6.07) is 33.9. The Labute approximate surface area is 181 Å². The van der Waals surface area contributed by atoms with Gasteiger partial charge in [-0.3, -0.25) is 4.98 Å². The third-order valence-corrected chi connectivity index (χ3v) is 5.14. The number of benzene rings is 4. The fourth-order valence-electron chi connectivity index (χ4n) is 3.89. The molecular weight excluding hydrogens is 537 g/mol. The van der Waals surface area contributed by atoms with E-state index in [4.69, 9.17) is 9.40 Å². The molecule has 0 unspecified atom stereocenters. The number of hydrogen-bond donors (Lipinski definition) is 0. The number of para-hydroxylation sites is 4. The van der Waals surface area contributed by atoms with Crippen molar-refractivity contribution in [2.75, 3.05) is 0 Å². The Hall–Kier alpha value is -3.20. The quantitative estimate of drug-likeness (QED) is 0.234. The van der Waals surface area contributed by atoms with Crippen LogP contribution in [0, 0.1) is 6.07 Å². The molecule has 141 valence electrons. The average molecular weight is 552 g/mol. The molecule has 2 heterocycles. The largest absolute Gasteiger partial charge is 0.454 e. The van der Waals surface area contributed by atoms with Gasteiger partial charge in [-0.05, 0) is 24.3 Å². The van der Waals surface area contributed by atoms with Crippen molar-refractivity contribution in [2.45, 2.75) is 0 Å². The van der Waals surface area contributed by atoms with E-state index in [1.807, 2.05) is 60.7 Å². The summed E-state index contributed by atoms with van der Waals surface area (Å²) in [7, 11) is 0. The molecule has 0 aliphatic rings. The third-order valence-electron chi connectivity index (χ3n) is 5.14. The Balaban J connectivity index is 0.00000181. The van der Waals surface area contributed by atoms with Gasteiger partial charge in [0.1, 0.15) is 5.58 Å². The standard InChI is InChI=1S/C25H15N2O.Ir/c1-2-9-17(10-3-1)25-26-20-13-5-6-14-21(20)27(25)22-15-8-12-19-18-11-4-7-16-23(18)28-24(19)22;/h1-9,11-16H;/q-1;. The third kappa shape index (κ3) is 2.72. The summed E-state index contributed by atoms with van der Waals surface area (Å²) < 4.78 is 8.46. The van der Waals surface area contributed by atoms with Crippen molar-refractivity contribution in [3.05, 3.63) is 97.1 Å². The summed E-state index contributed by atoms with van der Waals surface area (Å²) >= 11 is 0. The van der Waals surface area contributed by atoms with E-state index in [2.05, 4.69) is 41.0 Å². The number of aromatic nitrogens is 2. The van der Waals surface area contributed by atoms with Gasteiger partial charge in [0.2, 0.25) is 0 Å². The van der Waals surface area contributed by atoms with E-state index in [0.29, 0.717) is 0 Å². The van der Waals surface area contributed by atoms with Crippen LogP contribution in [0.3, 0.4) is 0 Å². The molecule has 0 spiro atoms. The zero-order valence-corrected chi connectivity index (χ0v) is 17.7. The first-order valence-corrected chi connectivity index (χ1v) is 9.25. The number of imidazole rings is 1. The molecule has 0 aliphatic carbocycles. The fraction of sp³-hybridized carbons (Fsp3) is 0. The number of hydrogen-bond acceptors (Lipinski definition) is 2. The van der Waals surface area contributed by atoms with Crippen LogP contribution in [0.25, 0.3) is 50.0 Å². The molecule has 4 aromatic carbocycles. The normalized spacial score (nSPS) is 11.2. The van der Waals surface area contributed by atoms with Gasteiger partial charge in [0.25, 0.3) is 0 Å². The summed E-state index contributed by atoms with van der Waals surface area (Å²) in [6.45, 7) is 0. The van der Waals surface area contributed by atoms with Crippen molar-refractivity contribution in [3.8, 4) is 17.1 Å². The van der Waals surface area contributed by atoms with Gasteiger partial charge in [-0.25, -0.2) is 0 Å². The molecule has 0 N–H and O–H groups in total. The molecule has 3 nitrogen and oxygen atoms in total. The topological polar surface area (TPSA) is 31.0 Å². The van der Waals surface area contributed by atoms with Gasteiger partial charge in [0, 0.05) is 30.9 Å². The van der Waals surface area contributed by atoms with E-state index in [1.54, 1.807) is 0 Å². The monoisotopic (exact) mass is 552 g/mol. The zero-order chi connectivity index (χ0) is 18.5. The molecular formula is C25H15IrN2O-. The van der Waals surface area contributed by atoms with Gasteiger partial charge >= 0.3 is 0 Å². The molecule has 2 aromatic heterocycles. The van der Waals surface area contributed by atoms with Crippen LogP contribution >= 0.6 is 0 Å². The molecule has 0 saturated heterocycles. The summed E-state index contributed by atoms with van der Waals surface area (Å²) in [5.74, 6) is 0.856. The van der Waals surface area contributed by atoms with Crippen LogP contribution < -0.4 is 0 Å². The maximum absolute atomic E-state index is 6.29. The smallest absolute Gasteiger partial charge is 0.158 e. The summed E-state index contributed by atoms with van der Waals surface area (Å²) in [5.41, 5.74) is 5.68. The summed E-state index contributed by atoms with van der Waals surface area (Å²) in [6.07, 6.45) is 0. The minimum absolute atomic E-state index is 0. The molecule has 0 atom stereocenters. The Kier molecular flexibility index (Phi) is 4.31. The number of furan rings is 1. The van der Waals surface area contributed by atoms with Crippen LogP contribution in [-0.4, -0.2) is 9.55 Å². The van der Waals surface area contributed by atoms with Gasteiger partial charge in [-0.2, -0.15) is 0 Å². The van der Waals surface area contributed by atoms with E-state index in [-0.39, 0.29) is 20.1 Å². The average Bonchev–Trinajstić information content (AvgIpc) is 3.33. The van der Waals surface area contributed by atoms with Crippen LogP contribution in [0.2, 0.25) is 0 Å². The predicted molar refractivity (Wildman–Crippen MR) is 113 cm³/mol. The van der Waals surface area contributed by atoms with Gasteiger partial charge in [-0.15, -0.1) is 35.9 Å². The second kappa shape index (κ2) is 7.00. The molecule has 29 heavy (non-hydrogen) atoms. The summed E-state index contributed by atoms with van der Waals surface area (Å²) in [5, 5.41) is 2.23. The molecule has 4 heteroatoms. The van der Waals surface area contributed by atoms with E-state index < -0.39 is 0 Å². The first kappa shape index (κ1) is 17.9. The number of rotatable bonds is 2.